The summed E-state index contributed by atoms with van der Waals surface area (Å²) in [6.07, 6.45) is 2.77. The van der Waals surface area contributed by atoms with Crippen molar-refractivity contribution in [3.8, 4) is 0 Å². The van der Waals surface area contributed by atoms with Gasteiger partial charge in [0, 0.05) is 18.7 Å². The van der Waals surface area contributed by atoms with Crippen LogP contribution in [0.25, 0.3) is 0 Å². The van der Waals surface area contributed by atoms with Crippen LogP contribution in [0.3, 0.4) is 0 Å². The molecular formula is C13H22N6O2. The number of hydrazine groups is 1. The van der Waals surface area contributed by atoms with Gasteiger partial charge in [-0.2, -0.15) is 4.98 Å². The van der Waals surface area contributed by atoms with E-state index in [0.29, 0.717) is 18.9 Å². The van der Waals surface area contributed by atoms with Gasteiger partial charge in [-0.05, 0) is 38.6 Å². The van der Waals surface area contributed by atoms with Crippen LogP contribution in [-0.4, -0.2) is 34.6 Å². The summed E-state index contributed by atoms with van der Waals surface area (Å²) in [5, 5.41) is 9.98. The Labute approximate surface area is 123 Å². The molecule has 0 atom stereocenters. The van der Waals surface area contributed by atoms with E-state index >= 15 is 0 Å². The summed E-state index contributed by atoms with van der Waals surface area (Å²) in [4.78, 5) is 21.3. The first kappa shape index (κ1) is 15.4. The molecule has 1 aromatic rings. The number of piperidine rings is 1. The van der Waals surface area contributed by atoms with Crippen molar-refractivity contribution in [2.75, 3.05) is 30.0 Å². The molecule has 2 rings (SSSR count). The fraction of sp³-hybridized carbons (Fsp3) is 0.692. The Kier molecular flexibility index (Phi) is 4.89. The number of rotatable bonds is 5. The van der Waals surface area contributed by atoms with Gasteiger partial charge >= 0.3 is 0 Å². The standard InChI is InChI=1S/C13H22N6O2/c1-3-11-9(2)12(16-13(15-11)17-19(20)21)18-6-4-10(8-14)5-7-18/h10H,3-8,14H2,1-2H3,(H,15,16,17). The molecule has 1 aliphatic heterocycles. The van der Waals surface area contributed by atoms with Crippen molar-refractivity contribution in [1.82, 2.24) is 9.97 Å². The third-order valence-electron chi connectivity index (χ3n) is 3.99. The molecule has 8 heteroatoms. The predicted octanol–water partition coefficient (Wildman–Crippen LogP) is 1.13. The van der Waals surface area contributed by atoms with Gasteiger partial charge in [0.2, 0.25) is 0 Å². The topological polar surface area (TPSA) is 110 Å². The molecule has 0 bridgehead atoms. The van der Waals surface area contributed by atoms with E-state index in [1.54, 1.807) is 0 Å². The van der Waals surface area contributed by atoms with E-state index in [1.165, 1.54) is 0 Å². The highest BCUT2D eigenvalue weighted by Crippen LogP contribution is 2.26. The van der Waals surface area contributed by atoms with Crippen molar-refractivity contribution in [3.05, 3.63) is 21.4 Å². The third kappa shape index (κ3) is 3.57. The lowest BCUT2D eigenvalue weighted by Gasteiger charge is -2.33. The number of nitrogens with two attached hydrogens (primary N) is 1. The Balaban J connectivity index is 2.27. The van der Waals surface area contributed by atoms with Crippen molar-refractivity contribution < 1.29 is 5.03 Å². The summed E-state index contributed by atoms with van der Waals surface area (Å²) in [6.45, 7) is 6.42. The average molecular weight is 294 g/mol. The number of anilines is 2. The molecule has 1 aliphatic rings. The number of aryl methyl sites for hydroxylation is 1. The van der Waals surface area contributed by atoms with Crippen LogP contribution in [0.5, 0.6) is 0 Å². The Hall–Kier alpha value is -1.96. The van der Waals surface area contributed by atoms with Gasteiger partial charge in [0.15, 0.2) is 5.03 Å². The first-order valence-corrected chi connectivity index (χ1v) is 7.28. The minimum absolute atomic E-state index is 0.0541. The highest BCUT2D eigenvalue weighted by molar-refractivity contribution is 5.52. The maximum atomic E-state index is 10.6. The quantitative estimate of drug-likeness (QED) is 0.618. The van der Waals surface area contributed by atoms with E-state index in [1.807, 2.05) is 13.8 Å². The van der Waals surface area contributed by atoms with Crippen LogP contribution in [0.1, 0.15) is 31.0 Å². The first-order valence-electron chi connectivity index (χ1n) is 7.28. The Morgan fingerprint density at radius 1 is 1.43 bits per heavy atom. The first-order chi connectivity index (χ1) is 10.0. The van der Waals surface area contributed by atoms with Crippen molar-refractivity contribution in [2.45, 2.75) is 33.1 Å². The number of nitrogens with one attached hydrogen (secondary N) is 1. The second-order valence-corrected chi connectivity index (χ2v) is 5.33. The molecule has 1 fully saturated rings. The highest BCUT2D eigenvalue weighted by Gasteiger charge is 2.22. The summed E-state index contributed by atoms with van der Waals surface area (Å²) >= 11 is 0. The number of hydrogen-bond donors (Lipinski definition) is 2. The van der Waals surface area contributed by atoms with Crippen LogP contribution in [0.15, 0.2) is 0 Å². The molecule has 8 nitrogen and oxygen atoms in total. The smallest absolute Gasteiger partial charge is 0.287 e. The molecular weight excluding hydrogens is 272 g/mol. The zero-order valence-corrected chi connectivity index (χ0v) is 12.5. The molecule has 116 valence electrons. The molecule has 1 aromatic heterocycles. The molecule has 0 aliphatic carbocycles. The van der Waals surface area contributed by atoms with E-state index in [4.69, 9.17) is 5.73 Å². The molecule has 0 radical (unpaired) electrons. The largest absolute Gasteiger partial charge is 0.356 e. The van der Waals surface area contributed by atoms with Gasteiger partial charge in [0.1, 0.15) is 5.82 Å². The predicted molar refractivity (Wildman–Crippen MR) is 80.8 cm³/mol. The average Bonchev–Trinajstić information content (AvgIpc) is 2.48. The van der Waals surface area contributed by atoms with Gasteiger partial charge in [-0.1, -0.05) is 12.3 Å². The van der Waals surface area contributed by atoms with E-state index in [0.717, 1.165) is 43.0 Å². The van der Waals surface area contributed by atoms with Gasteiger partial charge in [0.05, 0.1) is 5.69 Å². The van der Waals surface area contributed by atoms with Crippen molar-refractivity contribution in [1.29, 1.82) is 0 Å². The summed E-state index contributed by atoms with van der Waals surface area (Å²) in [7, 11) is 0. The molecule has 2 heterocycles. The SMILES string of the molecule is CCc1nc(N[N+](=O)[O-])nc(N2CCC(CN)CC2)c1C. The second kappa shape index (κ2) is 6.66. The second-order valence-electron chi connectivity index (χ2n) is 5.33. The van der Waals surface area contributed by atoms with Crippen LogP contribution in [-0.2, 0) is 6.42 Å². The monoisotopic (exact) mass is 294 g/mol. The molecule has 0 saturated carbocycles. The van der Waals surface area contributed by atoms with E-state index in [9.17, 15) is 10.1 Å². The van der Waals surface area contributed by atoms with Crippen LogP contribution in [0, 0.1) is 23.0 Å². The molecule has 1 saturated heterocycles. The van der Waals surface area contributed by atoms with Crippen LogP contribution >= 0.6 is 0 Å². The van der Waals surface area contributed by atoms with Gasteiger partial charge in [-0.15, -0.1) is 0 Å². The molecule has 3 N–H and O–H groups in total. The number of nitro groups is 1. The molecule has 0 spiro atoms. The van der Waals surface area contributed by atoms with E-state index < -0.39 is 5.03 Å². The number of aromatic nitrogens is 2. The van der Waals surface area contributed by atoms with E-state index in [-0.39, 0.29) is 5.95 Å². The van der Waals surface area contributed by atoms with Gasteiger partial charge in [0.25, 0.3) is 5.95 Å². The third-order valence-corrected chi connectivity index (χ3v) is 3.99. The van der Waals surface area contributed by atoms with Gasteiger partial charge in [-0.25, -0.2) is 15.1 Å². The maximum absolute atomic E-state index is 10.6. The fourth-order valence-corrected chi connectivity index (χ4v) is 2.71. The lowest BCUT2D eigenvalue weighted by Crippen LogP contribution is -2.37. The number of hydrogen-bond acceptors (Lipinski definition) is 6. The summed E-state index contributed by atoms with van der Waals surface area (Å²) in [5.74, 6) is 1.41. The Morgan fingerprint density at radius 3 is 2.62 bits per heavy atom. The summed E-state index contributed by atoms with van der Waals surface area (Å²) < 4.78 is 0. The van der Waals surface area contributed by atoms with Gasteiger partial charge in [-0.3, -0.25) is 0 Å². The number of nitrogens with zero attached hydrogens (tertiary/aromatic N) is 4. The molecule has 0 aromatic carbocycles. The maximum Gasteiger partial charge on any atom is 0.287 e. The normalized spacial score (nSPS) is 16.0. The van der Waals surface area contributed by atoms with Crippen LogP contribution < -0.4 is 16.1 Å². The van der Waals surface area contributed by atoms with Crippen molar-refractivity contribution >= 4 is 11.8 Å². The minimum Gasteiger partial charge on any atom is -0.356 e. The lowest BCUT2D eigenvalue weighted by atomic mass is 9.97. The fourth-order valence-electron chi connectivity index (χ4n) is 2.71. The zero-order valence-electron chi connectivity index (χ0n) is 12.5. The zero-order chi connectivity index (χ0) is 15.4. The van der Waals surface area contributed by atoms with Crippen LogP contribution in [0.4, 0.5) is 11.8 Å². The minimum atomic E-state index is -0.630. The highest BCUT2D eigenvalue weighted by atomic mass is 16.7. The summed E-state index contributed by atoms with van der Waals surface area (Å²) in [5.41, 5.74) is 9.61. The van der Waals surface area contributed by atoms with Crippen molar-refractivity contribution in [3.63, 3.8) is 0 Å². The van der Waals surface area contributed by atoms with Gasteiger partial charge < -0.3 is 10.6 Å². The Bertz CT molecular complexity index is 514. The Morgan fingerprint density at radius 2 is 2.10 bits per heavy atom. The van der Waals surface area contributed by atoms with Crippen LogP contribution in [0.2, 0.25) is 0 Å². The summed E-state index contributed by atoms with van der Waals surface area (Å²) in [6, 6.07) is 0. The van der Waals surface area contributed by atoms with Crippen molar-refractivity contribution in [2.24, 2.45) is 11.7 Å². The lowest BCUT2D eigenvalue weighted by molar-refractivity contribution is -0.446. The molecule has 0 amide bonds. The molecule has 21 heavy (non-hydrogen) atoms. The molecule has 0 unspecified atom stereocenters. The van der Waals surface area contributed by atoms with E-state index in [2.05, 4.69) is 20.3 Å².